The second-order valence-electron chi connectivity index (χ2n) is 6.95. The molecule has 2 N–H and O–H groups in total. The first kappa shape index (κ1) is 20.1. The van der Waals surface area contributed by atoms with E-state index >= 15 is 0 Å². The summed E-state index contributed by atoms with van der Waals surface area (Å²) in [6.07, 6.45) is 1.71. The number of carbonyl (C=O) groups excluding carboxylic acids is 1. The summed E-state index contributed by atoms with van der Waals surface area (Å²) in [7, 11) is 0. The van der Waals surface area contributed by atoms with E-state index in [-0.39, 0.29) is 5.91 Å². The molecular formula is C25H22N4O2. The minimum absolute atomic E-state index is 0.0993. The van der Waals surface area contributed by atoms with Crippen LogP contribution < -0.4 is 15.4 Å². The third kappa shape index (κ3) is 5.67. The van der Waals surface area contributed by atoms with Crippen molar-refractivity contribution in [3.05, 3.63) is 96.7 Å². The second kappa shape index (κ2) is 9.54. The van der Waals surface area contributed by atoms with Crippen LogP contribution in [0, 0.1) is 0 Å². The fraction of sp³-hybridized carbons (Fsp3) is 0.0800. The van der Waals surface area contributed by atoms with Crippen LogP contribution in [0.25, 0.3) is 11.3 Å². The van der Waals surface area contributed by atoms with Crippen LogP contribution in [0.3, 0.4) is 0 Å². The van der Waals surface area contributed by atoms with Gasteiger partial charge in [0.05, 0.1) is 5.69 Å². The molecule has 0 radical (unpaired) electrons. The van der Waals surface area contributed by atoms with E-state index in [1.165, 1.54) is 6.92 Å². The Hall–Kier alpha value is -4.19. The Kier molecular flexibility index (Phi) is 6.18. The van der Waals surface area contributed by atoms with Crippen LogP contribution in [0.4, 0.5) is 17.3 Å². The summed E-state index contributed by atoms with van der Waals surface area (Å²) in [5.41, 5.74) is 4.46. The highest BCUT2D eigenvalue weighted by molar-refractivity contribution is 5.88. The van der Waals surface area contributed by atoms with Gasteiger partial charge in [-0.2, -0.15) is 0 Å². The van der Waals surface area contributed by atoms with Gasteiger partial charge < -0.3 is 15.4 Å². The SMILES string of the molecule is CC(=O)Nc1ccc(-c2ccnc(Nc3ccc(OCc4ccccc4)cc3)n2)cc1. The molecule has 1 aromatic heterocycles. The average Bonchev–Trinajstić information content (AvgIpc) is 2.80. The molecule has 0 unspecified atom stereocenters. The molecule has 0 atom stereocenters. The molecule has 31 heavy (non-hydrogen) atoms. The average molecular weight is 410 g/mol. The minimum atomic E-state index is -0.0993. The van der Waals surface area contributed by atoms with Crippen LogP contribution in [0.2, 0.25) is 0 Å². The molecule has 1 amide bonds. The van der Waals surface area contributed by atoms with Gasteiger partial charge in [-0.3, -0.25) is 4.79 Å². The van der Waals surface area contributed by atoms with Crippen molar-refractivity contribution >= 4 is 23.2 Å². The third-order valence-corrected chi connectivity index (χ3v) is 4.52. The Morgan fingerprint density at radius 2 is 1.58 bits per heavy atom. The molecule has 3 aromatic carbocycles. The Balaban J connectivity index is 1.40. The van der Waals surface area contributed by atoms with E-state index in [1.807, 2.05) is 84.9 Å². The molecule has 4 aromatic rings. The highest BCUT2D eigenvalue weighted by Gasteiger charge is 2.04. The van der Waals surface area contributed by atoms with Crippen LogP contribution in [-0.2, 0) is 11.4 Å². The molecule has 0 aliphatic carbocycles. The van der Waals surface area contributed by atoms with E-state index in [0.717, 1.165) is 33.9 Å². The monoisotopic (exact) mass is 410 g/mol. The van der Waals surface area contributed by atoms with Crippen molar-refractivity contribution in [2.45, 2.75) is 13.5 Å². The summed E-state index contributed by atoms with van der Waals surface area (Å²) in [4.78, 5) is 20.1. The van der Waals surface area contributed by atoms with E-state index in [4.69, 9.17) is 4.74 Å². The van der Waals surface area contributed by atoms with Crippen LogP contribution in [-0.4, -0.2) is 15.9 Å². The zero-order chi connectivity index (χ0) is 21.5. The van der Waals surface area contributed by atoms with E-state index in [2.05, 4.69) is 20.6 Å². The standard InChI is InChI=1S/C25H22N4O2/c1-18(30)27-21-9-7-20(8-10-21)24-15-16-26-25(29-24)28-22-11-13-23(14-12-22)31-17-19-5-3-2-4-6-19/h2-16H,17H2,1H3,(H,27,30)(H,26,28,29). The smallest absolute Gasteiger partial charge is 0.227 e. The van der Waals surface area contributed by atoms with E-state index in [9.17, 15) is 4.79 Å². The molecule has 0 fully saturated rings. The number of hydrogen-bond acceptors (Lipinski definition) is 5. The summed E-state index contributed by atoms with van der Waals surface area (Å²) in [5, 5.41) is 5.97. The molecule has 154 valence electrons. The number of ether oxygens (including phenoxy) is 1. The Morgan fingerprint density at radius 1 is 0.871 bits per heavy atom. The molecule has 0 aliphatic rings. The van der Waals surface area contributed by atoms with Crippen LogP contribution in [0.15, 0.2) is 91.1 Å². The van der Waals surface area contributed by atoms with E-state index < -0.39 is 0 Å². The fourth-order valence-electron chi connectivity index (χ4n) is 3.01. The number of amides is 1. The lowest BCUT2D eigenvalue weighted by Crippen LogP contribution is -2.05. The highest BCUT2D eigenvalue weighted by atomic mass is 16.5. The Labute approximate surface area is 181 Å². The first-order valence-electron chi connectivity index (χ1n) is 9.90. The molecular weight excluding hydrogens is 388 g/mol. The van der Waals surface area contributed by atoms with Crippen molar-refractivity contribution in [3.8, 4) is 17.0 Å². The highest BCUT2D eigenvalue weighted by Crippen LogP contribution is 2.23. The summed E-state index contributed by atoms with van der Waals surface area (Å²) in [5.74, 6) is 1.20. The van der Waals surface area contributed by atoms with Gasteiger partial charge in [-0.25, -0.2) is 9.97 Å². The lowest BCUT2D eigenvalue weighted by Gasteiger charge is -2.09. The molecule has 0 aliphatic heterocycles. The fourth-order valence-corrected chi connectivity index (χ4v) is 3.01. The minimum Gasteiger partial charge on any atom is -0.489 e. The number of benzene rings is 3. The van der Waals surface area contributed by atoms with Gasteiger partial charge in [-0.05, 0) is 48.0 Å². The van der Waals surface area contributed by atoms with Crippen molar-refractivity contribution in [1.82, 2.24) is 9.97 Å². The maximum atomic E-state index is 11.2. The van der Waals surface area contributed by atoms with Crippen molar-refractivity contribution in [1.29, 1.82) is 0 Å². The van der Waals surface area contributed by atoms with Crippen LogP contribution in [0.5, 0.6) is 5.75 Å². The van der Waals surface area contributed by atoms with Gasteiger partial charge >= 0.3 is 0 Å². The quantitative estimate of drug-likeness (QED) is 0.425. The van der Waals surface area contributed by atoms with Crippen molar-refractivity contribution in [3.63, 3.8) is 0 Å². The topological polar surface area (TPSA) is 76.1 Å². The molecule has 0 spiro atoms. The number of hydrogen-bond donors (Lipinski definition) is 2. The molecule has 4 rings (SSSR count). The van der Waals surface area contributed by atoms with Crippen LogP contribution >= 0.6 is 0 Å². The summed E-state index contributed by atoms with van der Waals surface area (Å²) in [6, 6.07) is 27.1. The molecule has 0 saturated carbocycles. The van der Waals surface area contributed by atoms with Crippen LogP contribution in [0.1, 0.15) is 12.5 Å². The van der Waals surface area contributed by atoms with Crippen molar-refractivity contribution in [2.75, 3.05) is 10.6 Å². The van der Waals surface area contributed by atoms with Gasteiger partial charge in [-0.15, -0.1) is 0 Å². The number of anilines is 3. The zero-order valence-electron chi connectivity index (χ0n) is 17.1. The lowest BCUT2D eigenvalue weighted by molar-refractivity contribution is -0.114. The Bertz CT molecular complexity index is 1140. The zero-order valence-corrected chi connectivity index (χ0v) is 17.1. The number of nitrogens with one attached hydrogen (secondary N) is 2. The normalized spacial score (nSPS) is 10.4. The maximum Gasteiger partial charge on any atom is 0.227 e. The second-order valence-corrected chi connectivity index (χ2v) is 6.95. The molecule has 6 nitrogen and oxygen atoms in total. The third-order valence-electron chi connectivity index (χ3n) is 4.52. The first-order valence-corrected chi connectivity index (χ1v) is 9.90. The van der Waals surface area contributed by atoms with Gasteiger partial charge in [-0.1, -0.05) is 42.5 Å². The first-order chi connectivity index (χ1) is 15.2. The number of aromatic nitrogens is 2. The molecule has 0 bridgehead atoms. The lowest BCUT2D eigenvalue weighted by atomic mass is 10.1. The van der Waals surface area contributed by atoms with Gasteiger partial charge in [0.1, 0.15) is 12.4 Å². The van der Waals surface area contributed by atoms with Gasteiger partial charge in [0.15, 0.2) is 0 Å². The van der Waals surface area contributed by atoms with Crippen molar-refractivity contribution < 1.29 is 9.53 Å². The molecule has 1 heterocycles. The van der Waals surface area contributed by atoms with Gasteiger partial charge in [0.25, 0.3) is 0 Å². The van der Waals surface area contributed by atoms with E-state index in [1.54, 1.807) is 6.20 Å². The maximum absolute atomic E-state index is 11.2. The van der Waals surface area contributed by atoms with E-state index in [0.29, 0.717) is 12.6 Å². The van der Waals surface area contributed by atoms with Gasteiger partial charge in [0.2, 0.25) is 11.9 Å². The summed E-state index contributed by atoms with van der Waals surface area (Å²) < 4.78 is 5.82. The molecule has 6 heteroatoms. The van der Waals surface area contributed by atoms with Gasteiger partial charge in [0, 0.05) is 30.1 Å². The largest absolute Gasteiger partial charge is 0.489 e. The number of carbonyl (C=O) groups is 1. The number of nitrogens with zero attached hydrogens (tertiary/aromatic N) is 2. The molecule has 0 saturated heterocycles. The summed E-state index contributed by atoms with van der Waals surface area (Å²) in [6.45, 7) is 2.01. The van der Waals surface area contributed by atoms with Crippen molar-refractivity contribution in [2.24, 2.45) is 0 Å². The predicted molar refractivity (Wildman–Crippen MR) is 122 cm³/mol. The summed E-state index contributed by atoms with van der Waals surface area (Å²) >= 11 is 0. The predicted octanol–water partition coefficient (Wildman–Crippen LogP) is 5.42. The number of rotatable bonds is 7. The Morgan fingerprint density at radius 3 is 2.29 bits per heavy atom.